The van der Waals surface area contributed by atoms with Gasteiger partial charge in [0.25, 0.3) is 0 Å². The molecule has 0 aliphatic rings. The minimum absolute atomic E-state index is 0.0476. The highest BCUT2D eigenvalue weighted by Gasteiger charge is 2.30. The SMILES string of the molecule is CC(C)C[C@H](N)C(=O)N(CC#N)[C@H](c1ccc(Cl)cc1)c1ccc(Br)cc1. The van der Waals surface area contributed by atoms with Crippen LogP contribution >= 0.6 is 27.5 Å². The van der Waals surface area contributed by atoms with Crippen molar-refractivity contribution >= 4 is 33.4 Å². The fourth-order valence-corrected chi connectivity index (χ4v) is 3.43. The molecule has 0 aliphatic heterocycles. The zero-order valence-electron chi connectivity index (χ0n) is 15.4. The summed E-state index contributed by atoms with van der Waals surface area (Å²) >= 11 is 9.47. The van der Waals surface area contributed by atoms with E-state index in [0.29, 0.717) is 11.4 Å². The lowest BCUT2D eigenvalue weighted by Crippen LogP contribution is -2.46. The average Bonchev–Trinajstić information content (AvgIpc) is 2.63. The van der Waals surface area contributed by atoms with Gasteiger partial charge in [-0.2, -0.15) is 5.26 Å². The number of rotatable bonds is 7. The summed E-state index contributed by atoms with van der Waals surface area (Å²) < 4.78 is 0.941. The number of carbonyl (C=O) groups is 1. The molecule has 6 heteroatoms. The lowest BCUT2D eigenvalue weighted by molar-refractivity contribution is -0.134. The van der Waals surface area contributed by atoms with Gasteiger partial charge in [0, 0.05) is 9.50 Å². The third kappa shape index (κ3) is 5.80. The maximum absolute atomic E-state index is 13.1. The molecule has 0 bridgehead atoms. The normalized spacial score (nSPS) is 13.1. The minimum atomic E-state index is -0.649. The summed E-state index contributed by atoms with van der Waals surface area (Å²) in [6.45, 7) is 3.99. The van der Waals surface area contributed by atoms with E-state index in [4.69, 9.17) is 17.3 Å². The van der Waals surface area contributed by atoms with E-state index in [1.54, 1.807) is 17.0 Å². The van der Waals surface area contributed by atoms with Crippen LogP contribution in [0.3, 0.4) is 0 Å². The highest BCUT2D eigenvalue weighted by atomic mass is 79.9. The van der Waals surface area contributed by atoms with Crippen molar-refractivity contribution in [3.8, 4) is 6.07 Å². The Kier molecular flexibility index (Phi) is 7.85. The molecule has 0 spiro atoms. The molecule has 2 atom stereocenters. The fourth-order valence-electron chi connectivity index (χ4n) is 3.04. The lowest BCUT2D eigenvalue weighted by atomic mass is 9.95. The largest absolute Gasteiger partial charge is 0.320 e. The smallest absolute Gasteiger partial charge is 0.241 e. The van der Waals surface area contributed by atoms with Gasteiger partial charge in [0.05, 0.1) is 18.2 Å². The third-order valence-electron chi connectivity index (χ3n) is 4.25. The molecular weight excluding hydrogens is 426 g/mol. The number of benzene rings is 2. The van der Waals surface area contributed by atoms with E-state index in [-0.39, 0.29) is 18.4 Å². The average molecular weight is 449 g/mol. The van der Waals surface area contributed by atoms with Gasteiger partial charge >= 0.3 is 0 Å². The number of amides is 1. The number of hydrogen-bond acceptors (Lipinski definition) is 3. The first-order valence-corrected chi connectivity index (χ1v) is 9.94. The number of nitriles is 1. The van der Waals surface area contributed by atoms with Crippen molar-refractivity contribution < 1.29 is 4.79 Å². The van der Waals surface area contributed by atoms with Crippen molar-refractivity contribution in [3.05, 3.63) is 69.2 Å². The van der Waals surface area contributed by atoms with Gasteiger partial charge in [-0.1, -0.05) is 65.6 Å². The molecule has 27 heavy (non-hydrogen) atoms. The van der Waals surface area contributed by atoms with Crippen LogP contribution < -0.4 is 5.73 Å². The Bertz CT molecular complexity index is 754. The summed E-state index contributed by atoms with van der Waals surface area (Å²) in [5.74, 6) is 0.0580. The zero-order valence-corrected chi connectivity index (χ0v) is 17.7. The number of nitrogens with two attached hydrogens (primary N) is 1. The van der Waals surface area contributed by atoms with E-state index in [2.05, 4.69) is 22.0 Å². The van der Waals surface area contributed by atoms with Gasteiger partial charge in [0.15, 0.2) is 0 Å². The second-order valence-corrected chi connectivity index (χ2v) is 8.22. The summed E-state index contributed by atoms with van der Waals surface area (Å²) in [4.78, 5) is 14.7. The number of carbonyl (C=O) groups excluding carboxylic acids is 1. The molecule has 2 N–H and O–H groups in total. The topological polar surface area (TPSA) is 70.1 Å². The summed E-state index contributed by atoms with van der Waals surface area (Å²) in [5.41, 5.74) is 7.94. The van der Waals surface area contributed by atoms with Crippen LogP contribution in [0.25, 0.3) is 0 Å². The van der Waals surface area contributed by atoms with Crippen LogP contribution in [0.15, 0.2) is 53.0 Å². The Morgan fingerprint density at radius 2 is 1.67 bits per heavy atom. The van der Waals surface area contributed by atoms with E-state index in [9.17, 15) is 10.1 Å². The predicted octanol–water partition coefficient (Wildman–Crippen LogP) is 4.92. The summed E-state index contributed by atoms with van der Waals surface area (Å²) in [5, 5.41) is 9.98. The monoisotopic (exact) mass is 447 g/mol. The van der Waals surface area contributed by atoms with Gasteiger partial charge in [0.2, 0.25) is 5.91 Å². The van der Waals surface area contributed by atoms with Gasteiger partial charge in [-0.05, 0) is 47.7 Å². The number of halogens is 2. The first-order chi connectivity index (χ1) is 12.8. The van der Waals surface area contributed by atoms with Crippen molar-refractivity contribution in [2.75, 3.05) is 6.54 Å². The van der Waals surface area contributed by atoms with Gasteiger partial charge in [-0.25, -0.2) is 0 Å². The molecule has 2 aromatic rings. The Hall–Kier alpha value is -1.87. The zero-order chi connectivity index (χ0) is 20.0. The third-order valence-corrected chi connectivity index (χ3v) is 5.03. The van der Waals surface area contributed by atoms with Gasteiger partial charge in [-0.15, -0.1) is 0 Å². The highest BCUT2D eigenvalue weighted by molar-refractivity contribution is 9.10. The van der Waals surface area contributed by atoms with Crippen molar-refractivity contribution in [1.29, 1.82) is 5.26 Å². The van der Waals surface area contributed by atoms with Gasteiger partial charge < -0.3 is 10.6 Å². The second kappa shape index (κ2) is 9.89. The maximum atomic E-state index is 13.1. The summed E-state index contributed by atoms with van der Waals surface area (Å²) in [6.07, 6.45) is 0.564. The van der Waals surface area contributed by atoms with Crippen LogP contribution in [0.4, 0.5) is 0 Å². The number of nitrogens with zero attached hydrogens (tertiary/aromatic N) is 2. The fraction of sp³-hybridized carbons (Fsp3) is 0.333. The number of hydrogen-bond donors (Lipinski definition) is 1. The molecule has 142 valence electrons. The van der Waals surface area contributed by atoms with E-state index in [0.717, 1.165) is 15.6 Å². The van der Waals surface area contributed by atoms with E-state index in [1.807, 2.05) is 50.2 Å². The molecule has 4 nitrogen and oxygen atoms in total. The highest BCUT2D eigenvalue weighted by Crippen LogP contribution is 2.31. The van der Waals surface area contributed by atoms with E-state index >= 15 is 0 Å². The van der Waals surface area contributed by atoms with Crippen LogP contribution in [-0.4, -0.2) is 23.4 Å². The van der Waals surface area contributed by atoms with Crippen molar-refractivity contribution in [2.24, 2.45) is 11.7 Å². The summed E-state index contributed by atoms with van der Waals surface area (Å²) in [7, 11) is 0. The molecule has 0 unspecified atom stereocenters. The van der Waals surface area contributed by atoms with E-state index in [1.165, 1.54) is 0 Å². The summed E-state index contributed by atoms with van der Waals surface area (Å²) in [6, 6.07) is 16.1. The van der Waals surface area contributed by atoms with Gasteiger partial charge in [-0.3, -0.25) is 4.79 Å². The molecule has 0 radical (unpaired) electrons. The Labute approximate surface area is 174 Å². The molecule has 0 aliphatic carbocycles. The first kappa shape index (κ1) is 21.4. The second-order valence-electron chi connectivity index (χ2n) is 6.87. The maximum Gasteiger partial charge on any atom is 0.241 e. The predicted molar refractivity (Wildman–Crippen MR) is 112 cm³/mol. The molecule has 0 aromatic heterocycles. The Balaban J connectivity index is 2.50. The molecule has 0 saturated carbocycles. The molecular formula is C21H23BrClN3O. The molecule has 1 amide bonds. The van der Waals surface area contributed by atoms with Crippen LogP contribution in [0.2, 0.25) is 5.02 Å². The van der Waals surface area contributed by atoms with Crippen molar-refractivity contribution in [3.63, 3.8) is 0 Å². The first-order valence-electron chi connectivity index (χ1n) is 8.77. The minimum Gasteiger partial charge on any atom is -0.320 e. The molecule has 2 aromatic carbocycles. The molecule has 2 rings (SSSR count). The van der Waals surface area contributed by atoms with Gasteiger partial charge in [0.1, 0.15) is 6.54 Å². The van der Waals surface area contributed by atoms with Crippen LogP contribution in [0.1, 0.15) is 37.4 Å². The Morgan fingerprint density at radius 3 is 2.15 bits per heavy atom. The van der Waals surface area contributed by atoms with Crippen LogP contribution in [0.5, 0.6) is 0 Å². The molecule has 0 saturated heterocycles. The molecule has 0 fully saturated rings. The van der Waals surface area contributed by atoms with Crippen molar-refractivity contribution in [1.82, 2.24) is 4.90 Å². The Morgan fingerprint density at radius 1 is 1.15 bits per heavy atom. The van der Waals surface area contributed by atoms with E-state index < -0.39 is 12.1 Å². The quantitative estimate of drug-likeness (QED) is 0.611. The molecule has 0 heterocycles. The lowest BCUT2D eigenvalue weighted by Gasteiger charge is -2.33. The standard InChI is InChI=1S/C21H23BrClN3O/c1-14(2)13-19(25)21(27)26(12-11-24)20(15-3-7-17(22)8-4-15)16-5-9-18(23)10-6-16/h3-10,14,19-20H,12-13,25H2,1-2H3/t19-,20-/m0/s1. The van der Waals surface area contributed by atoms with Crippen molar-refractivity contribution in [2.45, 2.75) is 32.4 Å². The van der Waals surface area contributed by atoms with Crippen LogP contribution in [-0.2, 0) is 4.79 Å². The van der Waals surface area contributed by atoms with Crippen LogP contribution in [0, 0.1) is 17.2 Å².